The number of benzene rings is 1. The molecule has 0 fully saturated rings. The molecule has 0 aliphatic carbocycles. The van der Waals surface area contributed by atoms with Crippen LogP contribution < -0.4 is 4.72 Å². The van der Waals surface area contributed by atoms with Crippen molar-refractivity contribution >= 4 is 15.7 Å². The Morgan fingerprint density at radius 1 is 1.12 bits per heavy atom. The molecule has 2 rings (SSSR count). The van der Waals surface area contributed by atoms with Crippen LogP contribution in [0.4, 0.5) is 5.69 Å². The minimum atomic E-state index is -3.59. The molecule has 0 aliphatic rings. The first kappa shape index (κ1) is 10.6. The highest BCUT2D eigenvalue weighted by Gasteiger charge is 2.14. The SMILES string of the molecule is O=S(=O)(Nc1cc[c]cc1)c1ccccn1. The lowest BCUT2D eigenvalue weighted by molar-refractivity contribution is 0.597. The van der Waals surface area contributed by atoms with E-state index in [4.69, 9.17) is 0 Å². The van der Waals surface area contributed by atoms with E-state index in [0.29, 0.717) is 5.69 Å². The Morgan fingerprint density at radius 2 is 1.88 bits per heavy atom. The summed E-state index contributed by atoms with van der Waals surface area (Å²) in [6, 6.07) is 14.1. The first-order valence-electron chi connectivity index (χ1n) is 4.58. The van der Waals surface area contributed by atoms with E-state index in [-0.39, 0.29) is 5.03 Å². The summed E-state index contributed by atoms with van der Waals surface area (Å²) >= 11 is 0. The van der Waals surface area contributed by atoms with E-state index in [0.717, 1.165) is 0 Å². The van der Waals surface area contributed by atoms with Gasteiger partial charge in [-0.15, -0.1) is 0 Å². The van der Waals surface area contributed by atoms with E-state index < -0.39 is 10.0 Å². The van der Waals surface area contributed by atoms with Crippen LogP contribution in [0.15, 0.2) is 53.7 Å². The van der Waals surface area contributed by atoms with E-state index in [9.17, 15) is 8.42 Å². The van der Waals surface area contributed by atoms with Gasteiger partial charge < -0.3 is 0 Å². The molecular weight excluding hydrogens is 224 g/mol. The number of sulfonamides is 1. The van der Waals surface area contributed by atoms with E-state index in [1.165, 1.54) is 12.3 Å². The molecule has 5 heteroatoms. The van der Waals surface area contributed by atoms with Gasteiger partial charge in [0, 0.05) is 11.9 Å². The van der Waals surface area contributed by atoms with Crippen molar-refractivity contribution < 1.29 is 8.42 Å². The number of hydrogen-bond donors (Lipinski definition) is 1. The van der Waals surface area contributed by atoms with Crippen LogP contribution in [0.2, 0.25) is 0 Å². The molecular formula is C11H9N2O2S. The Bertz CT molecular complexity index is 553. The van der Waals surface area contributed by atoms with Crippen LogP contribution >= 0.6 is 0 Å². The van der Waals surface area contributed by atoms with Crippen molar-refractivity contribution in [1.82, 2.24) is 4.98 Å². The number of hydrogen-bond acceptors (Lipinski definition) is 3. The zero-order chi connectivity index (χ0) is 11.4. The molecule has 0 saturated heterocycles. The van der Waals surface area contributed by atoms with Crippen molar-refractivity contribution in [3.05, 3.63) is 54.7 Å². The maximum absolute atomic E-state index is 11.8. The average Bonchev–Trinajstić information content (AvgIpc) is 2.31. The van der Waals surface area contributed by atoms with Crippen molar-refractivity contribution in [3.63, 3.8) is 0 Å². The van der Waals surface area contributed by atoms with Gasteiger partial charge in [-0.25, -0.2) is 4.98 Å². The van der Waals surface area contributed by atoms with Gasteiger partial charge in [0.15, 0.2) is 5.03 Å². The normalized spacial score (nSPS) is 11.0. The third-order valence-electron chi connectivity index (χ3n) is 1.88. The molecule has 0 unspecified atom stereocenters. The minimum Gasteiger partial charge on any atom is -0.278 e. The monoisotopic (exact) mass is 233 g/mol. The van der Waals surface area contributed by atoms with Gasteiger partial charge in [-0.2, -0.15) is 8.42 Å². The molecule has 0 saturated carbocycles. The van der Waals surface area contributed by atoms with E-state index >= 15 is 0 Å². The zero-order valence-electron chi connectivity index (χ0n) is 8.29. The summed E-state index contributed by atoms with van der Waals surface area (Å²) in [6.45, 7) is 0. The van der Waals surface area contributed by atoms with Gasteiger partial charge in [0.05, 0.1) is 0 Å². The van der Waals surface area contributed by atoms with Crippen molar-refractivity contribution in [3.8, 4) is 0 Å². The van der Waals surface area contributed by atoms with Gasteiger partial charge in [0.2, 0.25) is 0 Å². The average molecular weight is 233 g/mol. The van der Waals surface area contributed by atoms with Crippen LogP contribution in [-0.2, 0) is 10.0 Å². The van der Waals surface area contributed by atoms with E-state index in [2.05, 4.69) is 15.8 Å². The second-order valence-corrected chi connectivity index (χ2v) is 4.69. The molecule has 1 radical (unpaired) electrons. The van der Waals surface area contributed by atoms with E-state index in [1.54, 1.807) is 36.4 Å². The number of nitrogens with zero attached hydrogens (tertiary/aromatic N) is 1. The highest BCUT2D eigenvalue weighted by Crippen LogP contribution is 2.12. The van der Waals surface area contributed by atoms with Crippen LogP contribution in [0.25, 0.3) is 0 Å². The van der Waals surface area contributed by atoms with Crippen LogP contribution in [0.3, 0.4) is 0 Å². The highest BCUT2D eigenvalue weighted by atomic mass is 32.2. The fraction of sp³-hybridized carbons (Fsp3) is 0. The maximum atomic E-state index is 11.8. The van der Waals surface area contributed by atoms with Gasteiger partial charge in [-0.3, -0.25) is 4.72 Å². The third kappa shape index (κ3) is 2.38. The second-order valence-electron chi connectivity index (χ2n) is 3.06. The highest BCUT2D eigenvalue weighted by molar-refractivity contribution is 7.92. The molecule has 4 nitrogen and oxygen atoms in total. The summed E-state index contributed by atoms with van der Waals surface area (Å²) < 4.78 is 26.1. The molecule has 1 heterocycles. The van der Waals surface area contributed by atoms with Crippen LogP contribution in [0.5, 0.6) is 0 Å². The fourth-order valence-electron chi connectivity index (χ4n) is 1.17. The van der Waals surface area contributed by atoms with Crippen molar-refractivity contribution in [2.45, 2.75) is 5.03 Å². The molecule has 2 aromatic rings. The molecule has 0 aliphatic heterocycles. The summed E-state index contributed by atoms with van der Waals surface area (Å²) in [5.74, 6) is 0. The minimum absolute atomic E-state index is 0.00262. The van der Waals surface area contributed by atoms with Crippen LogP contribution in [-0.4, -0.2) is 13.4 Å². The lowest BCUT2D eigenvalue weighted by Gasteiger charge is -2.06. The predicted octanol–water partition coefficient (Wildman–Crippen LogP) is 1.68. The fourth-order valence-corrected chi connectivity index (χ4v) is 2.18. The van der Waals surface area contributed by atoms with Crippen LogP contribution in [0.1, 0.15) is 0 Å². The van der Waals surface area contributed by atoms with Crippen molar-refractivity contribution in [2.75, 3.05) is 4.72 Å². The van der Waals surface area contributed by atoms with Crippen LogP contribution in [0, 0.1) is 6.07 Å². The Morgan fingerprint density at radius 3 is 2.50 bits per heavy atom. The summed E-state index contributed by atoms with van der Waals surface area (Å²) in [6.07, 6.45) is 1.44. The molecule has 0 spiro atoms. The van der Waals surface area contributed by atoms with E-state index in [1.807, 2.05) is 0 Å². The third-order valence-corrected chi connectivity index (χ3v) is 3.18. The van der Waals surface area contributed by atoms with Crippen molar-refractivity contribution in [2.24, 2.45) is 0 Å². The Balaban J connectivity index is 2.29. The maximum Gasteiger partial charge on any atom is 0.279 e. The Labute approximate surface area is 94.0 Å². The second kappa shape index (κ2) is 4.32. The summed E-state index contributed by atoms with van der Waals surface area (Å²) in [7, 11) is -3.59. The summed E-state index contributed by atoms with van der Waals surface area (Å²) in [5.41, 5.74) is 0.490. The Kier molecular flexibility index (Phi) is 2.87. The van der Waals surface area contributed by atoms with Gasteiger partial charge in [0.25, 0.3) is 10.0 Å². The quantitative estimate of drug-likeness (QED) is 0.877. The lowest BCUT2D eigenvalue weighted by atomic mass is 10.3. The largest absolute Gasteiger partial charge is 0.279 e. The smallest absolute Gasteiger partial charge is 0.278 e. The number of nitrogens with one attached hydrogen (secondary N) is 1. The number of anilines is 1. The predicted molar refractivity (Wildman–Crippen MR) is 60.3 cm³/mol. The molecule has 1 aromatic carbocycles. The number of rotatable bonds is 3. The summed E-state index contributed by atoms with van der Waals surface area (Å²) in [5, 5.41) is 0.00262. The summed E-state index contributed by atoms with van der Waals surface area (Å²) in [4.78, 5) is 3.79. The molecule has 0 atom stereocenters. The number of aromatic nitrogens is 1. The van der Waals surface area contributed by atoms with Crippen molar-refractivity contribution in [1.29, 1.82) is 0 Å². The molecule has 1 aromatic heterocycles. The molecule has 0 bridgehead atoms. The standard InChI is InChI=1S/C11H9N2O2S/c14-16(15,11-8-4-5-9-12-11)13-10-6-2-1-3-7-10/h2-9,13H. The zero-order valence-corrected chi connectivity index (χ0v) is 9.11. The lowest BCUT2D eigenvalue weighted by Crippen LogP contribution is -2.14. The first-order chi connectivity index (χ1) is 7.68. The number of pyridine rings is 1. The Hall–Kier alpha value is -1.88. The van der Waals surface area contributed by atoms with Gasteiger partial charge >= 0.3 is 0 Å². The van der Waals surface area contributed by atoms with Gasteiger partial charge in [-0.05, 0) is 30.3 Å². The van der Waals surface area contributed by atoms with Gasteiger partial charge in [0.1, 0.15) is 0 Å². The topological polar surface area (TPSA) is 59.1 Å². The van der Waals surface area contributed by atoms with Gasteiger partial charge in [-0.1, -0.05) is 18.2 Å². The molecule has 81 valence electrons. The first-order valence-corrected chi connectivity index (χ1v) is 6.07. The molecule has 0 amide bonds. The molecule has 16 heavy (non-hydrogen) atoms. The molecule has 1 N–H and O–H groups in total.